The van der Waals surface area contributed by atoms with Crippen molar-refractivity contribution in [3.05, 3.63) is 0 Å². The Kier molecular flexibility index (Phi) is 38.9. The Hall–Kier alpha value is -0.0400. The van der Waals surface area contributed by atoms with Gasteiger partial charge in [0.05, 0.1) is 0 Å². The molecule has 0 radical (unpaired) electrons. The molecule has 0 unspecified atom stereocenters. The highest BCUT2D eigenvalue weighted by Gasteiger charge is 1.97. The van der Waals surface area contributed by atoms with Gasteiger partial charge in [-0.15, -0.1) is 0 Å². The molecule has 1 heteroatoms. The second-order valence-corrected chi connectivity index (χ2v) is 13.3. The monoisotopic (exact) mass is 565 g/mol. The molecule has 0 aliphatic carbocycles. The van der Waals surface area contributed by atoms with E-state index < -0.39 is 0 Å². The molecule has 1 nitrogen and oxygen atoms in total. The zero-order valence-corrected chi connectivity index (χ0v) is 28.6. The van der Waals surface area contributed by atoms with Gasteiger partial charge in [-0.2, -0.15) is 0 Å². The Labute approximate surface area is 256 Å². The summed E-state index contributed by atoms with van der Waals surface area (Å²) in [6.07, 6.45) is 50.5. The molecule has 0 aliphatic rings. The molecular formula is C39H80O. The van der Waals surface area contributed by atoms with Gasteiger partial charge >= 0.3 is 0 Å². The average molecular weight is 565 g/mol. The molecule has 0 saturated heterocycles. The summed E-state index contributed by atoms with van der Waals surface area (Å²) < 4.78 is 5.88. The first-order valence-corrected chi connectivity index (χ1v) is 19.5. The van der Waals surface area contributed by atoms with Crippen LogP contribution in [0.2, 0.25) is 0 Å². The van der Waals surface area contributed by atoms with Gasteiger partial charge in [0.2, 0.25) is 0 Å². The minimum Gasteiger partial charge on any atom is -0.381 e. The maximum Gasteiger partial charge on any atom is 0.0466 e. The summed E-state index contributed by atoms with van der Waals surface area (Å²) in [6, 6.07) is 0. The van der Waals surface area contributed by atoms with E-state index in [-0.39, 0.29) is 0 Å². The smallest absolute Gasteiger partial charge is 0.0466 e. The van der Waals surface area contributed by atoms with E-state index >= 15 is 0 Å². The molecule has 0 saturated carbocycles. The lowest BCUT2D eigenvalue weighted by Crippen LogP contribution is -1.97. The van der Waals surface area contributed by atoms with Crippen LogP contribution in [0.25, 0.3) is 0 Å². The summed E-state index contributed by atoms with van der Waals surface area (Å²) in [4.78, 5) is 0. The SMILES string of the molecule is CCCCCCCCCCCCCCCCCCCCCCOCCCCCCCCCCCCCCCCC. The van der Waals surface area contributed by atoms with Gasteiger partial charge in [-0.1, -0.05) is 226 Å². The zero-order valence-electron chi connectivity index (χ0n) is 28.6. The lowest BCUT2D eigenvalue weighted by atomic mass is 10.0. The molecule has 0 aliphatic heterocycles. The lowest BCUT2D eigenvalue weighted by molar-refractivity contribution is 0.125. The highest BCUT2D eigenvalue weighted by Crippen LogP contribution is 2.16. The van der Waals surface area contributed by atoms with E-state index in [0.29, 0.717) is 0 Å². The van der Waals surface area contributed by atoms with Crippen LogP contribution in [0, 0.1) is 0 Å². The number of ether oxygens (including phenoxy) is 1. The minimum absolute atomic E-state index is 0.997. The van der Waals surface area contributed by atoms with Crippen LogP contribution in [0.5, 0.6) is 0 Å². The number of hydrogen-bond donors (Lipinski definition) is 0. The van der Waals surface area contributed by atoms with Gasteiger partial charge in [0.15, 0.2) is 0 Å². The van der Waals surface area contributed by atoms with Gasteiger partial charge in [-0.3, -0.25) is 0 Å². The molecular weight excluding hydrogens is 484 g/mol. The van der Waals surface area contributed by atoms with Crippen molar-refractivity contribution in [1.29, 1.82) is 0 Å². The molecule has 0 aromatic heterocycles. The Morgan fingerprint density at radius 2 is 0.350 bits per heavy atom. The van der Waals surface area contributed by atoms with Crippen molar-refractivity contribution in [2.24, 2.45) is 0 Å². The molecule has 0 aromatic rings. The Balaban J connectivity index is 3.01. The van der Waals surface area contributed by atoms with Crippen molar-refractivity contribution in [2.45, 2.75) is 239 Å². The van der Waals surface area contributed by atoms with Crippen LogP contribution >= 0.6 is 0 Å². The molecule has 0 fully saturated rings. The van der Waals surface area contributed by atoms with Crippen LogP contribution < -0.4 is 0 Å². The predicted molar refractivity (Wildman–Crippen MR) is 184 cm³/mol. The first-order valence-electron chi connectivity index (χ1n) is 19.5. The van der Waals surface area contributed by atoms with E-state index in [1.807, 2.05) is 0 Å². The van der Waals surface area contributed by atoms with Crippen LogP contribution in [0.1, 0.15) is 239 Å². The van der Waals surface area contributed by atoms with Crippen LogP contribution in [-0.4, -0.2) is 13.2 Å². The predicted octanol–water partition coefficient (Wildman–Crippen LogP) is 14.7. The van der Waals surface area contributed by atoms with Gasteiger partial charge < -0.3 is 4.74 Å². The van der Waals surface area contributed by atoms with E-state index in [0.717, 1.165) is 13.2 Å². The minimum atomic E-state index is 0.997. The maximum atomic E-state index is 5.88. The van der Waals surface area contributed by atoms with Crippen molar-refractivity contribution in [2.75, 3.05) is 13.2 Å². The van der Waals surface area contributed by atoms with Crippen LogP contribution in [0.4, 0.5) is 0 Å². The number of rotatable bonds is 37. The van der Waals surface area contributed by atoms with E-state index in [2.05, 4.69) is 13.8 Å². The van der Waals surface area contributed by atoms with Crippen molar-refractivity contribution >= 4 is 0 Å². The molecule has 0 spiro atoms. The van der Waals surface area contributed by atoms with E-state index in [9.17, 15) is 0 Å². The molecule has 0 bridgehead atoms. The Morgan fingerprint density at radius 3 is 0.525 bits per heavy atom. The molecule has 0 aromatic carbocycles. The quantitative estimate of drug-likeness (QED) is 0.0682. The fraction of sp³-hybridized carbons (Fsp3) is 1.00. The number of hydrogen-bond acceptors (Lipinski definition) is 1. The Bertz CT molecular complexity index is 368. The molecule has 0 amide bonds. The van der Waals surface area contributed by atoms with Crippen molar-refractivity contribution in [3.63, 3.8) is 0 Å². The third kappa shape index (κ3) is 38.0. The van der Waals surface area contributed by atoms with Gasteiger partial charge in [0.1, 0.15) is 0 Å². The third-order valence-corrected chi connectivity index (χ3v) is 9.03. The first-order chi connectivity index (χ1) is 19.9. The highest BCUT2D eigenvalue weighted by atomic mass is 16.5. The molecule has 40 heavy (non-hydrogen) atoms. The summed E-state index contributed by atoms with van der Waals surface area (Å²) in [6.45, 7) is 6.60. The topological polar surface area (TPSA) is 9.23 Å². The Morgan fingerprint density at radius 1 is 0.200 bits per heavy atom. The normalized spacial score (nSPS) is 11.6. The van der Waals surface area contributed by atoms with Crippen LogP contribution in [0.15, 0.2) is 0 Å². The van der Waals surface area contributed by atoms with Gasteiger partial charge in [0, 0.05) is 13.2 Å². The molecule has 242 valence electrons. The zero-order chi connectivity index (χ0) is 28.9. The first kappa shape index (κ1) is 40.0. The highest BCUT2D eigenvalue weighted by molar-refractivity contribution is 4.52. The summed E-state index contributed by atoms with van der Waals surface area (Å²) in [5.74, 6) is 0. The lowest BCUT2D eigenvalue weighted by Gasteiger charge is -2.06. The molecule has 0 heterocycles. The second kappa shape index (κ2) is 39.0. The summed E-state index contributed by atoms with van der Waals surface area (Å²) in [5, 5.41) is 0. The van der Waals surface area contributed by atoms with Crippen LogP contribution in [-0.2, 0) is 4.74 Å². The third-order valence-electron chi connectivity index (χ3n) is 9.03. The molecule has 0 rings (SSSR count). The molecule has 0 atom stereocenters. The van der Waals surface area contributed by atoms with Gasteiger partial charge in [-0.25, -0.2) is 0 Å². The fourth-order valence-electron chi connectivity index (χ4n) is 6.14. The summed E-state index contributed by atoms with van der Waals surface area (Å²) >= 11 is 0. The van der Waals surface area contributed by atoms with E-state index in [1.165, 1.54) is 225 Å². The summed E-state index contributed by atoms with van der Waals surface area (Å²) in [5.41, 5.74) is 0. The fourth-order valence-corrected chi connectivity index (χ4v) is 6.14. The van der Waals surface area contributed by atoms with Gasteiger partial charge in [-0.05, 0) is 12.8 Å². The average Bonchev–Trinajstić information content (AvgIpc) is 2.97. The summed E-state index contributed by atoms with van der Waals surface area (Å²) in [7, 11) is 0. The standard InChI is InChI=1S/C39H80O/c1-3-5-7-9-11-13-15-17-19-20-21-22-23-25-27-29-31-33-35-37-39-40-38-36-34-32-30-28-26-24-18-16-14-12-10-8-6-4-2/h3-39H2,1-2H3. The molecule has 0 N–H and O–H groups in total. The van der Waals surface area contributed by atoms with Crippen molar-refractivity contribution < 1.29 is 4.74 Å². The maximum absolute atomic E-state index is 5.88. The second-order valence-electron chi connectivity index (χ2n) is 13.3. The van der Waals surface area contributed by atoms with Gasteiger partial charge in [0.25, 0.3) is 0 Å². The van der Waals surface area contributed by atoms with Crippen molar-refractivity contribution in [3.8, 4) is 0 Å². The van der Waals surface area contributed by atoms with Crippen LogP contribution in [0.3, 0.4) is 0 Å². The number of unbranched alkanes of at least 4 members (excludes halogenated alkanes) is 33. The van der Waals surface area contributed by atoms with E-state index in [1.54, 1.807) is 0 Å². The van der Waals surface area contributed by atoms with E-state index in [4.69, 9.17) is 4.74 Å². The largest absolute Gasteiger partial charge is 0.381 e. The van der Waals surface area contributed by atoms with Crippen molar-refractivity contribution in [1.82, 2.24) is 0 Å².